The van der Waals surface area contributed by atoms with Crippen molar-refractivity contribution in [1.82, 2.24) is 0 Å². The van der Waals surface area contributed by atoms with Gasteiger partial charge in [0.05, 0.1) is 8.47 Å². The zero-order valence-electron chi connectivity index (χ0n) is 6.63. The van der Waals surface area contributed by atoms with Crippen LogP contribution < -0.4 is 0 Å². The highest BCUT2D eigenvalue weighted by molar-refractivity contribution is 14.1. The summed E-state index contributed by atoms with van der Waals surface area (Å²) in [4.78, 5) is -1.34. The Morgan fingerprint density at radius 2 is 1.60 bits per heavy atom. The molecule has 15 heavy (non-hydrogen) atoms. The number of thiol groups is 1. The number of hydrogen-bond acceptors (Lipinski definition) is 3. The molecule has 0 unspecified atom stereocenters. The predicted molar refractivity (Wildman–Crippen MR) is 68.9 cm³/mol. The van der Waals surface area contributed by atoms with Crippen molar-refractivity contribution in [1.29, 1.82) is 0 Å². The average Bonchev–Trinajstić information content (AvgIpc) is 2.09. The van der Waals surface area contributed by atoms with E-state index in [4.69, 9.17) is 4.55 Å². The van der Waals surface area contributed by atoms with E-state index in [2.05, 4.69) is 12.6 Å². The Balaban J connectivity index is 3.84. The van der Waals surface area contributed by atoms with Gasteiger partial charge in [-0.05, 0) is 45.2 Å². The second-order valence-electron chi connectivity index (χ2n) is 2.41. The number of rotatable bonds is 1. The van der Waals surface area contributed by atoms with Crippen molar-refractivity contribution in [2.24, 2.45) is 0 Å². The van der Waals surface area contributed by atoms with Gasteiger partial charge in [-0.25, -0.2) is 8.78 Å². The molecule has 1 rings (SSSR count). The second kappa shape index (κ2) is 4.58. The fourth-order valence-corrected chi connectivity index (χ4v) is 3.93. The topological polar surface area (TPSA) is 54.4 Å². The van der Waals surface area contributed by atoms with Crippen molar-refractivity contribution in [2.45, 2.75) is 9.79 Å². The molecule has 0 aliphatic carbocycles. The van der Waals surface area contributed by atoms with Gasteiger partial charge < -0.3 is 0 Å². The Hall–Kier alpha value is 0.800. The summed E-state index contributed by atoms with van der Waals surface area (Å²) in [6, 6.07) is 0. The standard InChI is InChI=1S/C6H2F2I2O3S2/c7-1-2(8)6(15(11,12)13)4(10)3(9)5(1)14/h14H,(H,11,12,13). The van der Waals surface area contributed by atoms with Crippen molar-refractivity contribution in [3.63, 3.8) is 0 Å². The summed E-state index contributed by atoms with van der Waals surface area (Å²) in [5, 5.41) is 0. The molecule has 0 aromatic heterocycles. The summed E-state index contributed by atoms with van der Waals surface area (Å²) in [5.41, 5.74) is 0. The van der Waals surface area contributed by atoms with Crippen molar-refractivity contribution in [3.05, 3.63) is 18.8 Å². The maximum Gasteiger partial charge on any atom is 0.298 e. The van der Waals surface area contributed by atoms with Crippen molar-refractivity contribution in [3.8, 4) is 0 Å². The maximum absolute atomic E-state index is 13.2. The zero-order valence-corrected chi connectivity index (χ0v) is 12.7. The molecule has 1 aromatic carbocycles. The van der Waals surface area contributed by atoms with Gasteiger partial charge in [-0.2, -0.15) is 8.42 Å². The monoisotopic (exact) mass is 478 g/mol. The summed E-state index contributed by atoms with van der Waals surface area (Å²) in [6.07, 6.45) is 0. The number of benzene rings is 1. The van der Waals surface area contributed by atoms with Gasteiger partial charge in [0, 0.05) is 3.57 Å². The molecule has 1 aromatic rings. The summed E-state index contributed by atoms with van der Waals surface area (Å²) in [6.45, 7) is 0. The molecular formula is C6H2F2I2O3S2. The third-order valence-electron chi connectivity index (χ3n) is 1.46. The van der Waals surface area contributed by atoms with Crippen LogP contribution in [0.1, 0.15) is 0 Å². The average molecular weight is 478 g/mol. The van der Waals surface area contributed by atoms with Crippen LogP contribution in [0.15, 0.2) is 9.79 Å². The predicted octanol–water partition coefficient (Wildman–Crippen LogP) is 2.71. The first-order valence-electron chi connectivity index (χ1n) is 3.20. The van der Waals surface area contributed by atoms with Crippen molar-refractivity contribution in [2.75, 3.05) is 0 Å². The van der Waals surface area contributed by atoms with Crippen LogP contribution in [0.4, 0.5) is 8.78 Å². The van der Waals surface area contributed by atoms with E-state index in [1.807, 2.05) is 0 Å². The third kappa shape index (κ3) is 2.56. The molecule has 0 spiro atoms. The highest BCUT2D eigenvalue weighted by Gasteiger charge is 2.27. The molecule has 0 saturated carbocycles. The van der Waals surface area contributed by atoms with E-state index in [9.17, 15) is 17.2 Å². The van der Waals surface area contributed by atoms with E-state index in [0.717, 1.165) is 0 Å². The molecule has 3 nitrogen and oxygen atoms in total. The van der Waals surface area contributed by atoms with Crippen molar-refractivity contribution >= 4 is 67.9 Å². The second-order valence-corrected chi connectivity index (χ2v) is 6.37. The Morgan fingerprint density at radius 3 is 2.00 bits per heavy atom. The summed E-state index contributed by atoms with van der Waals surface area (Å²) in [5.74, 6) is -3.01. The molecule has 0 bridgehead atoms. The molecule has 0 radical (unpaired) electrons. The van der Waals surface area contributed by atoms with Crippen molar-refractivity contribution < 1.29 is 21.8 Å². The Bertz CT molecular complexity index is 501. The van der Waals surface area contributed by atoms with E-state index in [1.165, 1.54) is 22.6 Å². The smallest absolute Gasteiger partial charge is 0.282 e. The molecule has 0 fully saturated rings. The molecule has 0 atom stereocenters. The van der Waals surface area contributed by atoms with Crippen LogP contribution in [0.25, 0.3) is 0 Å². The van der Waals surface area contributed by atoms with Crippen LogP contribution >= 0.6 is 57.8 Å². The van der Waals surface area contributed by atoms with Crippen LogP contribution in [0.3, 0.4) is 0 Å². The van der Waals surface area contributed by atoms with Crippen LogP contribution in [0, 0.1) is 18.8 Å². The molecule has 9 heteroatoms. The van der Waals surface area contributed by atoms with Gasteiger partial charge in [-0.3, -0.25) is 4.55 Å². The minimum Gasteiger partial charge on any atom is -0.282 e. The van der Waals surface area contributed by atoms with Gasteiger partial charge >= 0.3 is 0 Å². The summed E-state index contributed by atoms with van der Waals surface area (Å²) >= 11 is 6.80. The molecule has 0 saturated heterocycles. The van der Waals surface area contributed by atoms with Gasteiger partial charge in [0.25, 0.3) is 10.1 Å². The van der Waals surface area contributed by atoms with E-state index in [1.54, 1.807) is 22.6 Å². The fourth-order valence-electron chi connectivity index (χ4n) is 0.826. The van der Waals surface area contributed by atoms with E-state index < -0.39 is 26.6 Å². The molecule has 0 aliphatic heterocycles. The first kappa shape index (κ1) is 13.9. The maximum atomic E-state index is 13.2. The quantitative estimate of drug-likeness (QED) is 0.283. The van der Waals surface area contributed by atoms with E-state index >= 15 is 0 Å². The van der Waals surface area contributed by atoms with Gasteiger partial charge in [0.15, 0.2) is 11.6 Å². The van der Waals surface area contributed by atoms with E-state index in [0.29, 0.717) is 0 Å². The van der Waals surface area contributed by atoms with Crippen LogP contribution in [0.5, 0.6) is 0 Å². The third-order valence-corrected chi connectivity index (χ3v) is 6.76. The summed E-state index contributed by atoms with van der Waals surface area (Å²) in [7, 11) is -4.79. The van der Waals surface area contributed by atoms with Crippen LogP contribution in [-0.2, 0) is 10.1 Å². The molecule has 0 heterocycles. The molecule has 1 N–H and O–H groups in total. The summed E-state index contributed by atoms with van der Waals surface area (Å²) < 4.78 is 56.7. The lowest BCUT2D eigenvalue weighted by atomic mass is 10.3. The molecule has 84 valence electrons. The van der Waals surface area contributed by atoms with E-state index in [-0.39, 0.29) is 12.0 Å². The first-order chi connectivity index (χ1) is 6.68. The normalized spacial score (nSPS) is 11.9. The zero-order chi connectivity index (χ0) is 12.0. The lowest BCUT2D eigenvalue weighted by Crippen LogP contribution is -2.09. The lowest BCUT2D eigenvalue weighted by Gasteiger charge is -2.08. The molecular weight excluding hydrogens is 476 g/mol. The SMILES string of the molecule is O=S(=O)(O)c1c(F)c(F)c(S)c(I)c1I. The Labute approximate surface area is 117 Å². The molecule has 0 amide bonds. The minimum atomic E-state index is -4.79. The Kier molecular flexibility index (Phi) is 4.24. The van der Waals surface area contributed by atoms with Gasteiger partial charge in [-0.1, -0.05) is 0 Å². The van der Waals surface area contributed by atoms with Gasteiger partial charge in [0.1, 0.15) is 4.90 Å². The highest BCUT2D eigenvalue weighted by atomic mass is 127. The highest BCUT2D eigenvalue weighted by Crippen LogP contribution is 2.33. The minimum absolute atomic E-state index is 0.0976. The fraction of sp³-hybridized carbons (Fsp3) is 0. The lowest BCUT2D eigenvalue weighted by molar-refractivity contribution is 0.443. The van der Waals surface area contributed by atoms with Gasteiger partial charge in [-0.15, -0.1) is 12.6 Å². The number of halogens is 4. The first-order valence-corrected chi connectivity index (χ1v) is 7.24. The Morgan fingerprint density at radius 1 is 1.13 bits per heavy atom. The largest absolute Gasteiger partial charge is 0.298 e. The number of hydrogen-bond donors (Lipinski definition) is 2. The molecule has 0 aliphatic rings. The van der Waals surface area contributed by atoms with Crippen LogP contribution in [0.2, 0.25) is 0 Å². The van der Waals surface area contributed by atoms with Gasteiger partial charge in [0.2, 0.25) is 0 Å². The van der Waals surface area contributed by atoms with Crippen LogP contribution in [-0.4, -0.2) is 13.0 Å².